The Morgan fingerprint density at radius 2 is 2.31 bits per heavy atom. The van der Waals surface area contributed by atoms with Gasteiger partial charge in [-0.15, -0.1) is 0 Å². The molecule has 1 aromatic heterocycles. The smallest absolute Gasteiger partial charge is 0.256 e. The number of nitrogens with one attached hydrogen (secondary N) is 1. The molecule has 4 nitrogen and oxygen atoms in total. The lowest BCUT2D eigenvalue weighted by atomic mass is 10.1. The molecule has 0 atom stereocenters. The normalized spacial score (nSPS) is 10.1. The van der Waals surface area contributed by atoms with Crippen LogP contribution in [-0.4, -0.2) is 11.1 Å². The molecule has 1 aromatic carbocycles. The van der Waals surface area contributed by atoms with Crippen LogP contribution >= 0.6 is 15.9 Å². The average molecular weight is 281 g/mol. The third kappa shape index (κ3) is 2.30. The van der Waals surface area contributed by atoms with Crippen LogP contribution in [0.25, 0.3) is 0 Å². The molecule has 0 aliphatic heterocycles. The van der Waals surface area contributed by atoms with E-state index in [-0.39, 0.29) is 5.91 Å². The SMILES string of the molecule is Cc1ccc(Br)c(C(=O)Nc2cnoc2)c1. The van der Waals surface area contributed by atoms with Gasteiger partial charge in [-0.25, -0.2) is 0 Å². The predicted octanol–water partition coefficient (Wildman–Crippen LogP) is 3.00. The Labute approximate surface area is 101 Å². The summed E-state index contributed by atoms with van der Waals surface area (Å²) in [6.45, 7) is 1.93. The third-order valence-electron chi connectivity index (χ3n) is 2.06. The first-order valence-electron chi connectivity index (χ1n) is 4.63. The van der Waals surface area contributed by atoms with Crippen molar-refractivity contribution in [3.05, 3.63) is 46.3 Å². The lowest BCUT2D eigenvalue weighted by molar-refractivity contribution is 0.102. The summed E-state index contributed by atoms with van der Waals surface area (Å²) in [5.41, 5.74) is 2.15. The molecule has 0 unspecified atom stereocenters. The fourth-order valence-corrected chi connectivity index (χ4v) is 1.70. The molecule has 82 valence electrons. The maximum atomic E-state index is 11.9. The van der Waals surface area contributed by atoms with Crippen molar-refractivity contribution in [3.63, 3.8) is 0 Å². The highest BCUT2D eigenvalue weighted by molar-refractivity contribution is 9.10. The molecule has 0 saturated carbocycles. The number of carbonyl (C=O) groups excluding carboxylic acids is 1. The fraction of sp³-hybridized carbons (Fsp3) is 0.0909. The van der Waals surface area contributed by atoms with E-state index in [1.54, 1.807) is 0 Å². The first kappa shape index (κ1) is 10.9. The molecule has 2 rings (SSSR count). The molecule has 1 amide bonds. The average Bonchev–Trinajstić information content (AvgIpc) is 2.74. The van der Waals surface area contributed by atoms with Crippen LogP contribution < -0.4 is 5.32 Å². The van der Waals surface area contributed by atoms with Gasteiger partial charge in [0.05, 0.1) is 11.8 Å². The highest BCUT2D eigenvalue weighted by Gasteiger charge is 2.11. The first-order valence-corrected chi connectivity index (χ1v) is 5.43. The first-order chi connectivity index (χ1) is 7.66. The monoisotopic (exact) mass is 280 g/mol. The Kier molecular flexibility index (Phi) is 3.05. The van der Waals surface area contributed by atoms with Gasteiger partial charge in [0.15, 0.2) is 0 Å². The van der Waals surface area contributed by atoms with E-state index in [9.17, 15) is 4.79 Å². The predicted molar refractivity (Wildman–Crippen MR) is 63.3 cm³/mol. The van der Waals surface area contributed by atoms with Crippen LogP contribution in [-0.2, 0) is 0 Å². The Hall–Kier alpha value is -1.62. The number of carbonyl (C=O) groups is 1. The number of anilines is 1. The van der Waals surface area contributed by atoms with Crippen molar-refractivity contribution in [2.45, 2.75) is 6.92 Å². The standard InChI is InChI=1S/C11H9BrN2O2/c1-7-2-3-10(12)9(4-7)11(15)14-8-5-13-16-6-8/h2-6H,1H3,(H,14,15). The molecule has 0 saturated heterocycles. The number of halogens is 1. The minimum atomic E-state index is -0.196. The fourth-order valence-electron chi connectivity index (χ4n) is 1.28. The summed E-state index contributed by atoms with van der Waals surface area (Å²) in [6, 6.07) is 5.59. The molecule has 1 heterocycles. The van der Waals surface area contributed by atoms with E-state index in [2.05, 4.69) is 30.9 Å². The molecule has 0 aliphatic rings. The Balaban J connectivity index is 2.24. The van der Waals surface area contributed by atoms with E-state index in [1.807, 2.05) is 25.1 Å². The van der Waals surface area contributed by atoms with Gasteiger partial charge in [-0.2, -0.15) is 0 Å². The van der Waals surface area contributed by atoms with Crippen LogP contribution in [0.2, 0.25) is 0 Å². The van der Waals surface area contributed by atoms with E-state index in [4.69, 9.17) is 0 Å². The molecule has 0 radical (unpaired) electrons. The van der Waals surface area contributed by atoms with Gasteiger partial charge in [-0.1, -0.05) is 16.8 Å². The molecule has 16 heavy (non-hydrogen) atoms. The van der Waals surface area contributed by atoms with Gasteiger partial charge in [0.25, 0.3) is 5.91 Å². The largest absolute Gasteiger partial charge is 0.363 e. The zero-order chi connectivity index (χ0) is 11.5. The quantitative estimate of drug-likeness (QED) is 0.920. The van der Waals surface area contributed by atoms with Crippen molar-refractivity contribution in [1.29, 1.82) is 0 Å². The van der Waals surface area contributed by atoms with E-state index in [0.717, 1.165) is 10.0 Å². The van der Waals surface area contributed by atoms with E-state index < -0.39 is 0 Å². The number of amides is 1. The topological polar surface area (TPSA) is 55.1 Å². The molecule has 5 heteroatoms. The van der Waals surface area contributed by atoms with Crippen molar-refractivity contribution in [1.82, 2.24) is 5.16 Å². The number of hydrogen-bond acceptors (Lipinski definition) is 3. The second-order valence-corrected chi connectivity index (χ2v) is 4.20. The van der Waals surface area contributed by atoms with Gasteiger partial charge < -0.3 is 9.84 Å². The Morgan fingerprint density at radius 1 is 1.50 bits per heavy atom. The van der Waals surface area contributed by atoms with E-state index in [0.29, 0.717) is 11.3 Å². The van der Waals surface area contributed by atoms with Gasteiger partial charge in [0.1, 0.15) is 12.0 Å². The van der Waals surface area contributed by atoms with Crippen molar-refractivity contribution < 1.29 is 9.32 Å². The maximum Gasteiger partial charge on any atom is 0.256 e. The summed E-state index contributed by atoms with van der Waals surface area (Å²) >= 11 is 3.34. The van der Waals surface area contributed by atoms with Gasteiger partial charge in [0, 0.05) is 4.47 Å². The number of rotatable bonds is 2. The maximum absolute atomic E-state index is 11.9. The van der Waals surface area contributed by atoms with Crippen molar-refractivity contribution in [3.8, 4) is 0 Å². The van der Waals surface area contributed by atoms with E-state index in [1.165, 1.54) is 12.5 Å². The summed E-state index contributed by atoms with van der Waals surface area (Å²) in [7, 11) is 0. The Morgan fingerprint density at radius 3 is 3.00 bits per heavy atom. The molecule has 0 spiro atoms. The highest BCUT2D eigenvalue weighted by Crippen LogP contribution is 2.19. The lowest BCUT2D eigenvalue weighted by Gasteiger charge is -2.05. The number of aromatic nitrogens is 1. The summed E-state index contributed by atoms with van der Waals surface area (Å²) in [5, 5.41) is 6.19. The minimum Gasteiger partial charge on any atom is -0.363 e. The molecule has 0 fully saturated rings. The van der Waals surface area contributed by atoms with Crippen molar-refractivity contribution >= 4 is 27.5 Å². The third-order valence-corrected chi connectivity index (χ3v) is 2.75. The highest BCUT2D eigenvalue weighted by atomic mass is 79.9. The van der Waals surface area contributed by atoms with Crippen LogP contribution in [0, 0.1) is 6.92 Å². The number of nitrogens with zero attached hydrogens (tertiary/aromatic N) is 1. The van der Waals surface area contributed by atoms with Crippen LogP contribution in [0.15, 0.2) is 39.7 Å². The molecular formula is C11H9BrN2O2. The molecule has 0 bridgehead atoms. The van der Waals surface area contributed by atoms with Gasteiger partial charge >= 0.3 is 0 Å². The van der Waals surface area contributed by atoms with Crippen LogP contribution in [0.5, 0.6) is 0 Å². The Bertz CT molecular complexity index is 509. The number of benzene rings is 1. The van der Waals surface area contributed by atoms with E-state index >= 15 is 0 Å². The molecule has 0 aliphatic carbocycles. The van der Waals surface area contributed by atoms with Crippen LogP contribution in [0.4, 0.5) is 5.69 Å². The van der Waals surface area contributed by atoms with Gasteiger partial charge in [-0.05, 0) is 35.0 Å². The number of hydrogen-bond donors (Lipinski definition) is 1. The second-order valence-electron chi connectivity index (χ2n) is 3.35. The number of aryl methyl sites for hydroxylation is 1. The molecule has 2 aromatic rings. The zero-order valence-electron chi connectivity index (χ0n) is 8.53. The second kappa shape index (κ2) is 4.49. The molecular weight excluding hydrogens is 272 g/mol. The summed E-state index contributed by atoms with van der Waals surface area (Å²) in [4.78, 5) is 11.9. The van der Waals surface area contributed by atoms with Gasteiger partial charge in [-0.3, -0.25) is 4.79 Å². The summed E-state index contributed by atoms with van der Waals surface area (Å²) in [5.74, 6) is -0.196. The molecule has 1 N–H and O–H groups in total. The summed E-state index contributed by atoms with van der Waals surface area (Å²) in [6.07, 6.45) is 2.82. The van der Waals surface area contributed by atoms with Crippen molar-refractivity contribution in [2.75, 3.05) is 5.32 Å². The van der Waals surface area contributed by atoms with Crippen molar-refractivity contribution in [2.24, 2.45) is 0 Å². The minimum absolute atomic E-state index is 0.196. The van der Waals surface area contributed by atoms with Gasteiger partial charge in [0.2, 0.25) is 0 Å². The summed E-state index contributed by atoms with van der Waals surface area (Å²) < 4.78 is 5.39. The van der Waals surface area contributed by atoms with Crippen LogP contribution in [0.3, 0.4) is 0 Å². The van der Waals surface area contributed by atoms with Crippen LogP contribution in [0.1, 0.15) is 15.9 Å². The zero-order valence-corrected chi connectivity index (χ0v) is 10.1. The lowest BCUT2D eigenvalue weighted by Crippen LogP contribution is -2.12.